The molecule has 4 nitrogen and oxygen atoms in total. The van der Waals surface area contributed by atoms with E-state index in [-0.39, 0.29) is 6.04 Å². The monoisotopic (exact) mass is 167 g/mol. The normalized spacial score (nSPS) is 12.8. The molecule has 1 rings (SSSR count). The van der Waals surface area contributed by atoms with Crippen molar-refractivity contribution in [2.24, 2.45) is 5.73 Å². The number of nitrogens with zero attached hydrogens (tertiary/aromatic N) is 1. The number of hydrogen-bond donors (Lipinski definition) is 2. The summed E-state index contributed by atoms with van der Waals surface area (Å²) in [5.41, 5.74) is 12.9. The van der Waals surface area contributed by atoms with Crippen LogP contribution in [0.2, 0.25) is 0 Å². The Kier molecular flexibility index (Phi) is 3.01. The van der Waals surface area contributed by atoms with Crippen LogP contribution in [0.3, 0.4) is 0 Å². The predicted molar refractivity (Wildman–Crippen MR) is 47.5 cm³/mol. The largest absolute Gasteiger partial charge is 0.397 e. The van der Waals surface area contributed by atoms with Crippen LogP contribution in [0.1, 0.15) is 11.6 Å². The summed E-state index contributed by atoms with van der Waals surface area (Å²) in [6, 6.07) is 1.64. The number of pyridine rings is 1. The number of nitrogens with two attached hydrogens (primary N) is 2. The molecule has 0 aliphatic rings. The highest BCUT2D eigenvalue weighted by Crippen LogP contribution is 2.16. The van der Waals surface area contributed by atoms with Gasteiger partial charge in [-0.25, -0.2) is 0 Å². The minimum Gasteiger partial charge on any atom is -0.397 e. The van der Waals surface area contributed by atoms with E-state index in [4.69, 9.17) is 16.2 Å². The van der Waals surface area contributed by atoms with Gasteiger partial charge in [0.15, 0.2) is 0 Å². The molecule has 12 heavy (non-hydrogen) atoms. The van der Waals surface area contributed by atoms with Gasteiger partial charge in [-0.15, -0.1) is 0 Å². The van der Waals surface area contributed by atoms with Crippen molar-refractivity contribution in [2.75, 3.05) is 19.5 Å². The van der Waals surface area contributed by atoms with Gasteiger partial charge >= 0.3 is 0 Å². The van der Waals surface area contributed by atoms with Crippen molar-refractivity contribution in [1.82, 2.24) is 4.98 Å². The predicted octanol–water partition coefficient (Wildman–Crippen LogP) is 0.310. The summed E-state index contributed by atoms with van der Waals surface area (Å²) in [4.78, 5) is 3.87. The summed E-state index contributed by atoms with van der Waals surface area (Å²) in [6.07, 6.45) is 3.26. The molecule has 66 valence electrons. The van der Waals surface area contributed by atoms with Gasteiger partial charge in [0.05, 0.1) is 24.5 Å². The van der Waals surface area contributed by atoms with E-state index < -0.39 is 0 Å². The van der Waals surface area contributed by atoms with Crippen LogP contribution in [0.25, 0.3) is 0 Å². The van der Waals surface area contributed by atoms with E-state index in [2.05, 4.69) is 4.98 Å². The second-order valence-electron chi connectivity index (χ2n) is 2.57. The number of ether oxygens (including phenoxy) is 1. The summed E-state index contributed by atoms with van der Waals surface area (Å²) in [5.74, 6) is 0. The maximum absolute atomic E-state index is 5.77. The number of nitrogen functional groups attached to an aromatic ring is 1. The van der Waals surface area contributed by atoms with E-state index in [9.17, 15) is 0 Å². The minimum atomic E-state index is -0.169. The number of anilines is 1. The van der Waals surface area contributed by atoms with Crippen molar-refractivity contribution in [3.8, 4) is 0 Å². The number of rotatable bonds is 3. The Bertz CT molecular complexity index is 252. The lowest BCUT2D eigenvalue weighted by Gasteiger charge is -2.12. The molecule has 0 radical (unpaired) electrons. The van der Waals surface area contributed by atoms with Gasteiger partial charge in [-0.2, -0.15) is 0 Å². The maximum Gasteiger partial charge on any atom is 0.0656 e. The molecule has 4 N–H and O–H groups in total. The fraction of sp³-hybridized carbons (Fsp3) is 0.375. The highest BCUT2D eigenvalue weighted by molar-refractivity contribution is 5.45. The molecule has 1 unspecified atom stereocenters. The van der Waals surface area contributed by atoms with E-state index in [0.29, 0.717) is 12.3 Å². The zero-order valence-electron chi connectivity index (χ0n) is 7.03. The molecule has 0 saturated carbocycles. The molecule has 0 saturated heterocycles. The average Bonchev–Trinajstić information content (AvgIpc) is 2.05. The number of methoxy groups -OCH3 is 1. The topological polar surface area (TPSA) is 74.2 Å². The summed E-state index contributed by atoms with van der Waals surface area (Å²) in [5, 5.41) is 0. The van der Waals surface area contributed by atoms with Crippen LogP contribution >= 0.6 is 0 Å². The van der Waals surface area contributed by atoms with E-state index in [1.807, 2.05) is 0 Å². The zero-order valence-corrected chi connectivity index (χ0v) is 7.03. The van der Waals surface area contributed by atoms with Crippen LogP contribution in [-0.2, 0) is 4.74 Å². The molecule has 1 heterocycles. The van der Waals surface area contributed by atoms with Crippen molar-refractivity contribution < 1.29 is 4.74 Å². The van der Waals surface area contributed by atoms with Crippen LogP contribution in [0.5, 0.6) is 0 Å². The summed E-state index contributed by atoms with van der Waals surface area (Å²) in [7, 11) is 1.61. The molecule has 1 aromatic heterocycles. The summed E-state index contributed by atoms with van der Waals surface area (Å²) >= 11 is 0. The Morgan fingerprint density at radius 1 is 1.67 bits per heavy atom. The van der Waals surface area contributed by atoms with Crippen LogP contribution in [0.15, 0.2) is 18.5 Å². The van der Waals surface area contributed by atoms with Crippen molar-refractivity contribution in [1.29, 1.82) is 0 Å². The molecular formula is C8H13N3O. The Morgan fingerprint density at radius 3 is 3.00 bits per heavy atom. The third-order valence-corrected chi connectivity index (χ3v) is 1.63. The Hall–Kier alpha value is -1.13. The highest BCUT2D eigenvalue weighted by atomic mass is 16.5. The second kappa shape index (κ2) is 4.04. The molecule has 0 aromatic carbocycles. The molecule has 0 aliphatic carbocycles. The Morgan fingerprint density at radius 2 is 2.42 bits per heavy atom. The molecule has 1 aromatic rings. The lowest BCUT2D eigenvalue weighted by molar-refractivity contribution is 0.181. The van der Waals surface area contributed by atoms with Crippen molar-refractivity contribution in [3.63, 3.8) is 0 Å². The van der Waals surface area contributed by atoms with Crippen molar-refractivity contribution >= 4 is 5.69 Å². The highest BCUT2D eigenvalue weighted by Gasteiger charge is 2.07. The van der Waals surface area contributed by atoms with Gasteiger partial charge in [0.2, 0.25) is 0 Å². The van der Waals surface area contributed by atoms with Gasteiger partial charge in [-0.1, -0.05) is 0 Å². The molecule has 0 spiro atoms. The summed E-state index contributed by atoms with van der Waals surface area (Å²) in [6.45, 7) is 0.466. The maximum atomic E-state index is 5.77. The van der Waals surface area contributed by atoms with Gasteiger partial charge in [0.25, 0.3) is 0 Å². The molecule has 0 bridgehead atoms. The lowest BCUT2D eigenvalue weighted by Crippen LogP contribution is -2.17. The average molecular weight is 167 g/mol. The third kappa shape index (κ3) is 1.93. The van der Waals surface area contributed by atoms with Gasteiger partial charge in [0, 0.05) is 13.3 Å². The standard InChI is InChI=1S/C8H13N3O/c1-12-5-8(10)6-2-3-11-4-7(6)9/h2-4,8H,5,9-10H2,1H3. The van der Waals surface area contributed by atoms with Gasteiger partial charge < -0.3 is 16.2 Å². The lowest BCUT2D eigenvalue weighted by atomic mass is 10.1. The van der Waals surface area contributed by atoms with Crippen LogP contribution in [-0.4, -0.2) is 18.7 Å². The van der Waals surface area contributed by atoms with E-state index in [0.717, 1.165) is 5.56 Å². The fourth-order valence-electron chi connectivity index (χ4n) is 1.02. The minimum absolute atomic E-state index is 0.169. The van der Waals surface area contributed by atoms with Crippen LogP contribution in [0, 0.1) is 0 Å². The van der Waals surface area contributed by atoms with Gasteiger partial charge in [-0.3, -0.25) is 4.98 Å². The first-order chi connectivity index (χ1) is 5.75. The molecule has 1 atom stereocenters. The van der Waals surface area contributed by atoms with Crippen LogP contribution < -0.4 is 11.5 Å². The molecule has 4 heteroatoms. The Labute approximate surface area is 71.5 Å². The first-order valence-electron chi connectivity index (χ1n) is 3.69. The Balaban J connectivity index is 2.79. The van der Waals surface area contributed by atoms with Crippen molar-refractivity contribution in [2.45, 2.75) is 6.04 Å². The quantitative estimate of drug-likeness (QED) is 0.679. The number of aromatic nitrogens is 1. The van der Waals surface area contributed by atoms with E-state index in [1.54, 1.807) is 25.6 Å². The second-order valence-corrected chi connectivity index (χ2v) is 2.57. The van der Waals surface area contributed by atoms with Crippen LogP contribution in [0.4, 0.5) is 5.69 Å². The molecule has 0 amide bonds. The van der Waals surface area contributed by atoms with Gasteiger partial charge in [-0.05, 0) is 11.6 Å². The molecule has 0 fully saturated rings. The number of hydrogen-bond acceptors (Lipinski definition) is 4. The first kappa shape index (κ1) is 8.96. The SMILES string of the molecule is COCC(N)c1ccncc1N. The smallest absolute Gasteiger partial charge is 0.0656 e. The van der Waals surface area contributed by atoms with E-state index >= 15 is 0 Å². The molecule has 0 aliphatic heterocycles. The third-order valence-electron chi connectivity index (χ3n) is 1.63. The fourth-order valence-corrected chi connectivity index (χ4v) is 1.02. The molecular weight excluding hydrogens is 154 g/mol. The van der Waals surface area contributed by atoms with E-state index in [1.165, 1.54) is 0 Å². The van der Waals surface area contributed by atoms with Gasteiger partial charge in [0.1, 0.15) is 0 Å². The van der Waals surface area contributed by atoms with Crippen molar-refractivity contribution in [3.05, 3.63) is 24.0 Å². The first-order valence-corrected chi connectivity index (χ1v) is 3.69. The zero-order chi connectivity index (χ0) is 8.97. The summed E-state index contributed by atoms with van der Waals surface area (Å²) < 4.78 is 4.91.